The van der Waals surface area contributed by atoms with Gasteiger partial charge in [0, 0.05) is 6.54 Å². The molecular weight excluding hydrogens is 222 g/mol. The van der Waals surface area contributed by atoms with Crippen LogP contribution in [-0.4, -0.2) is 15.3 Å². The number of anilines is 1. The fraction of sp³-hybridized carbons (Fsp3) is 0.500. The van der Waals surface area contributed by atoms with E-state index < -0.39 is 11.3 Å². The molecule has 0 saturated carbocycles. The normalized spacial score (nSPS) is 12.8. The predicted octanol–water partition coefficient (Wildman–Crippen LogP) is 2.85. The number of rotatable bonds is 5. The Hall–Kier alpha value is -0.870. The van der Waals surface area contributed by atoms with Crippen LogP contribution >= 0.6 is 0 Å². The van der Waals surface area contributed by atoms with Crippen molar-refractivity contribution in [2.24, 2.45) is 5.92 Å². The lowest BCUT2D eigenvalue weighted by molar-refractivity contribution is 0.549. The third-order valence-corrected chi connectivity index (χ3v) is 3.09. The quantitative estimate of drug-likeness (QED) is 0.805. The standard InChI is InChI=1S/C12H19NO2S/c1-4-11-5-7-12(8-6-11)13(16(14)15)9-10(2)3/h5-8,10H,4,9H2,1-3H3,(H,14,15). The van der Waals surface area contributed by atoms with Gasteiger partial charge < -0.3 is 0 Å². The SMILES string of the molecule is CCc1ccc(N(CC(C)C)S(=O)O)cc1. The Morgan fingerprint density at radius 2 is 1.88 bits per heavy atom. The van der Waals surface area contributed by atoms with Crippen molar-refractivity contribution in [3.63, 3.8) is 0 Å². The minimum Gasteiger partial charge on any atom is -0.289 e. The number of nitrogens with zero attached hydrogens (tertiary/aromatic N) is 1. The van der Waals surface area contributed by atoms with Gasteiger partial charge in [-0.05, 0) is 30.0 Å². The van der Waals surface area contributed by atoms with Crippen LogP contribution in [-0.2, 0) is 17.7 Å². The lowest BCUT2D eigenvalue weighted by atomic mass is 10.1. The van der Waals surface area contributed by atoms with Crippen molar-refractivity contribution in [3.05, 3.63) is 29.8 Å². The highest BCUT2D eigenvalue weighted by Crippen LogP contribution is 2.18. The van der Waals surface area contributed by atoms with E-state index >= 15 is 0 Å². The zero-order valence-corrected chi connectivity index (χ0v) is 10.8. The van der Waals surface area contributed by atoms with Crippen LogP contribution in [0, 0.1) is 5.92 Å². The van der Waals surface area contributed by atoms with Gasteiger partial charge in [0.15, 0.2) is 0 Å². The van der Waals surface area contributed by atoms with Crippen LogP contribution < -0.4 is 4.31 Å². The molecule has 0 aliphatic rings. The maximum Gasteiger partial charge on any atom is 0.261 e. The summed E-state index contributed by atoms with van der Waals surface area (Å²) in [4.78, 5) is 0. The van der Waals surface area contributed by atoms with E-state index in [9.17, 15) is 8.76 Å². The van der Waals surface area contributed by atoms with E-state index in [1.54, 1.807) is 0 Å². The molecule has 0 aromatic heterocycles. The fourth-order valence-electron chi connectivity index (χ4n) is 1.49. The van der Waals surface area contributed by atoms with E-state index in [4.69, 9.17) is 0 Å². The minimum absolute atomic E-state index is 0.349. The maximum absolute atomic E-state index is 11.2. The van der Waals surface area contributed by atoms with Crippen LogP contribution in [0.5, 0.6) is 0 Å². The molecule has 0 spiro atoms. The van der Waals surface area contributed by atoms with Crippen LogP contribution in [0.4, 0.5) is 5.69 Å². The van der Waals surface area contributed by atoms with E-state index in [0.29, 0.717) is 12.5 Å². The van der Waals surface area contributed by atoms with Gasteiger partial charge in [0.25, 0.3) is 11.3 Å². The molecule has 1 rings (SSSR count). The molecule has 1 aromatic rings. The van der Waals surface area contributed by atoms with Gasteiger partial charge in [-0.3, -0.25) is 8.86 Å². The largest absolute Gasteiger partial charge is 0.289 e. The summed E-state index contributed by atoms with van der Waals surface area (Å²) in [5, 5.41) is 0. The number of hydrogen-bond acceptors (Lipinski definition) is 1. The second-order valence-electron chi connectivity index (χ2n) is 4.21. The van der Waals surface area contributed by atoms with Crippen molar-refractivity contribution in [3.8, 4) is 0 Å². The van der Waals surface area contributed by atoms with E-state index in [1.165, 1.54) is 9.87 Å². The van der Waals surface area contributed by atoms with Gasteiger partial charge >= 0.3 is 0 Å². The number of hydrogen-bond donors (Lipinski definition) is 1. The van der Waals surface area contributed by atoms with Gasteiger partial charge in [0.1, 0.15) is 0 Å². The van der Waals surface area contributed by atoms with Gasteiger partial charge in [-0.15, -0.1) is 0 Å². The first-order chi connectivity index (χ1) is 7.54. The molecular formula is C12H19NO2S. The van der Waals surface area contributed by atoms with Gasteiger partial charge in [0.2, 0.25) is 0 Å². The molecule has 0 aliphatic carbocycles. The summed E-state index contributed by atoms with van der Waals surface area (Å²) in [6.45, 7) is 6.72. The molecule has 4 heteroatoms. The van der Waals surface area contributed by atoms with Crippen molar-refractivity contribution in [2.75, 3.05) is 10.8 Å². The fourth-order valence-corrected chi connectivity index (χ4v) is 2.22. The molecule has 1 atom stereocenters. The third kappa shape index (κ3) is 3.61. The Kier molecular flexibility index (Phi) is 4.96. The van der Waals surface area contributed by atoms with Crippen LogP contribution in [0.1, 0.15) is 26.3 Å². The zero-order chi connectivity index (χ0) is 12.1. The van der Waals surface area contributed by atoms with E-state index in [1.807, 2.05) is 38.1 Å². The Bertz CT molecular complexity index is 349. The Morgan fingerprint density at radius 3 is 2.25 bits per heavy atom. The Balaban J connectivity index is 2.88. The molecule has 1 aromatic carbocycles. The molecule has 16 heavy (non-hydrogen) atoms. The van der Waals surface area contributed by atoms with Crippen molar-refractivity contribution in [2.45, 2.75) is 27.2 Å². The average molecular weight is 241 g/mol. The van der Waals surface area contributed by atoms with Crippen LogP contribution in [0.2, 0.25) is 0 Å². The first-order valence-corrected chi connectivity index (χ1v) is 6.58. The van der Waals surface area contributed by atoms with E-state index in [2.05, 4.69) is 6.92 Å². The highest BCUT2D eigenvalue weighted by molar-refractivity contribution is 7.80. The molecule has 3 nitrogen and oxygen atoms in total. The van der Waals surface area contributed by atoms with Crippen LogP contribution in [0.25, 0.3) is 0 Å². The van der Waals surface area contributed by atoms with Gasteiger partial charge in [-0.2, -0.15) is 0 Å². The maximum atomic E-state index is 11.2. The van der Waals surface area contributed by atoms with Crippen molar-refractivity contribution >= 4 is 17.0 Å². The van der Waals surface area contributed by atoms with Crippen LogP contribution in [0.15, 0.2) is 24.3 Å². The second kappa shape index (κ2) is 6.01. The van der Waals surface area contributed by atoms with Gasteiger partial charge in [-0.25, -0.2) is 4.21 Å². The Morgan fingerprint density at radius 1 is 1.31 bits per heavy atom. The van der Waals surface area contributed by atoms with E-state index in [-0.39, 0.29) is 0 Å². The monoisotopic (exact) mass is 241 g/mol. The summed E-state index contributed by atoms with van der Waals surface area (Å²) < 4.78 is 22.0. The summed E-state index contributed by atoms with van der Waals surface area (Å²) in [6.07, 6.45) is 0.979. The summed E-state index contributed by atoms with van der Waals surface area (Å²) in [7, 11) is 0. The number of benzene rings is 1. The molecule has 0 bridgehead atoms. The van der Waals surface area contributed by atoms with Gasteiger partial charge in [-0.1, -0.05) is 32.9 Å². The van der Waals surface area contributed by atoms with E-state index in [0.717, 1.165) is 12.1 Å². The average Bonchev–Trinajstić information content (AvgIpc) is 2.25. The summed E-state index contributed by atoms with van der Waals surface area (Å²) in [6, 6.07) is 7.79. The molecule has 1 N–H and O–H groups in total. The highest BCUT2D eigenvalue weighted by atomic mass is 32.2. The van der Waals surface area contributed by atoms with Gasteiger partial charge in [0.05, 0.1) is 5.69 Å². The third-order valence-electron chi connectivity index (χ3n) is 2.35. The molecule has 0 aliphatic heterocycles. The summed E-state index contributed by atoms with van der Waals surface area (Å²) >= 11 is -1.95. The predicted molar refractivity (Wildman–Crippen MR) is 68.8 cm³/mol. The molecule has 0 heterocycles. The lowest BCUT2D eigenvalue weighted by Crippen LogP contribution is -2.29. The molecule has 0 fully saturated rings. The smallest absolute Gasteiger partial charge is 0.261 e. The topological polar surface area (TPSA) is 40.5 Å². The van der Waals surface area contributed by atoms with Crippen LogP contribution in [0.3, 0.4) is 0 Å². The van der Waals surface area contributed by atoms with Crippen molar-refractivity contribution in [1.82, 2.24) is 0 Å². The molecule has 0 saturated heterocycles. The molecule has 0 radical (unpaired) electrons. The highest BCUT2D eigenvalue weighted by Gasteiger charge is 2.13. The van der Waals surface area contributed by atoms with Crippen molar-refractivity contribution in [1.29, 1.82) is 0 Å². The molecule has 90 valence electrons. The van der Waals surface area contributed by atoms with Crippen molar-refractivity contribution < 1.29 is 8.76 Å². The second-order valence-corrected chi connectivity index (χ2v) is 5.11. The first kappa shape index (κ1) is 13.2. The zero-order valence-electron chi connectivity index (χ0n) is 10.0. The lowest BCUT2D eigenvalue weighted by Gasteiger charge is -2.22. The molecule has 0 amide bonds. The summed E-state index contributed by atoms with van der Waals surface area (Å²) in [5.41, 5.74) is 2.03. The first-order valence-electron chi connectivity index (χ1n) is 5.52. The minimum atomic E-state index is -1.95. The molecule has 1 unspecified atom stereocenters. The Labute approximate surface area is 99.9 Å². The number of aryl methyl sites for hydroxylation is 1. The summed E-state index contributed by atoms with van der Waals surface area (Å²) in [5.74, 6) is 0.349.